The van der Waals surface area contributed by atoms with Crippen LogP contribution in [0.5, 0.6) is 5.75 Å². The molecule has 2 unspecified atom stereocenters. The van der Waals surface area contributed by atoms with Gasteiger partial charge in [-0.3, -0.25) is 15.0 Å². The maximum absolute atomic E-state index is 11.4. The van der Waals surface area contributed by atoms with Gasteiger partial charge >= 0.3 is 6.03 Å². The number of aryl methyl sites for hydroxylation is 1. The lowest BCUT2D eigenvalue weighted by Gasteiger charge is -2.27. The fourth-order valence-corrected chi connectivity index (χ4v) is 2.71. The average Bonchev–Trinajstić information content (AvgIpc) is 2.86. The van der Waals surface area contributed by atoms with Crippen LogP contribution in [0, 0.1) is 0 Å². The van der Waals surface area contributed by atoms with Crippen LogP contribution in [0.1, 0.15) is 12.0 Å². The molecule has 3 rings (SSSR count). The summed E-state index contributed by atoms with van der Waals surface area (Å²) in [6, 6.07) is 7.41. The monoisotopic (exact) mass is 305 g/mol. The van der Waals surface area contributed by atoms with Crippen LogP contribution in [0.3, 0.4) is 0 Å². The van der Waals surface area contributed by atoms with Gasteiger partial charge in [-0.15, -0.1) is 0 Å². The van der Waals surface area contributed by atoms with Gasteiger partial charge in [0.15, 0.2) is 0 Å². The summed E-state index contributed by atoms with van der Waals surface area (Å²) in [6.45, 7) is 0.673. The number of benzene rings is 1. The molecule has 2 aliphatic heterocycles. The van der Waals surface area contributed by atoms with Gasteiger partial charge in [-0.05, 0) is 24.5 Å². The quantitative estimate of drug-likeness (QED) is 0.658. The number of ether oxygens (including phenoxy) is 1. The summed E-state index contributed by atoms with van der Waals surface area (Å²) in [7, 11) is 0. The number of nitrogens with zero attached hydrogens (tertiary/aromatic N) is 1. The number of aliphatic hydroxyl groups excluding tert-OH is 1. The largest absolute Gasteiger partial charge is 0.489 e. The second-order valence-corrected chi connectivity index (χ2v) is 5.51. The van der Waals surface area contributed by atoms with Crippen molar-refractivity contribution >= 4 is 11.9 Å². The predicted molar refractivity (Wildman–Crippen MR) is 78.3 cm³/mol. The molecular formula is C15H19N3O4. The van der Waals surface area contributed by atoms with Crippen molar-refractivity contribution in [1.29, 1.82) is 0 Å². The number of para-hydroxylation sites is 1. The zero-order chi connectivity index (χ0) is 15.5. The number of carbonyl (C=O) groups is 2. The van der Waals surface area contributed by atoms with Gasteiger partial charge in [0.05, 0.1) is 0 Å². The molecule has 7 heteroatoms. The Morgan fingerprint density at radius 2 is 2.23 bits per heavy atom. The molecule has 3 amide bonds. The van der Waals surface area contributed by atoms with E-state index in [9.17, 15) is 14.7 Å². The Hall–Kier alpha value is -2.12. The molecule has 1 saturated heterocycles. The predicted octanol–water partition coefficient (Wildman–Crippen LogP) is -0.160. The molecule has 0 bridgehead atoms. The number of urea groups is 1. The number of hydrogen-bond donors (Lipinski definition) is 3. The van der Waals surface area contributed by atoms with E-state index in [2.05, 4.69) is 16.7 Å². The Balaban J connectivity index is 1.44. The number of fused-ring (bicyclic) bond motifs is 1. The molecule has 0 spiro atoms. The molecule has 2 atom stereocenters. The molecule has 7 nitrogen and oxygen atoms in total. The summed E-state index contributed by atoms with van der Waals surface area (Å²) in [4.78, 5) is 23.6. The average molecular weight is 305 g/mol. The summed E-state index contributed by atoms with van der Waals surface area (Å²) in [5.74, 6) is 0.516. The maximum atomic E-state index is 11.4. The molecule has 0 saturated carbocycles. The molecule has 1 aromatic carbocycles. The van der Waals surface area contributed by atoms with E-state index >= 15 is 0 Å². The van der Waals surface area contributed by atoms with Crippen LogP contribution < -0.4 is 15.4 Å². The van der Waals surface area contributed by atoms with E-state index < -0.39 is 18.2 Å². The van der Waals surface area contributed by atoms with Gasteiger partial charge in [0, 0.05) is 13.1 Å². The smallest absolute Gasteiger partial charge is 0.326 e. The first-order chi connectivity index (χ1) is 10.6. The Morgan fingerprint density at radius 3 is 3.00 bits per heavy atom. The first-order valence-corrected chi connectivity index (χ1v) is 7.37. The minimum absolute atomic E-state index is 0.0381. The minimum atomic E-state index is -1.03. The van der Waals surface area contributed by atoms with Crippen molar-refractivity contribution in [2.45, 2.75) is 25.2 Å². The standard InChI is InChI=1S/C15H19N3O4/c19-13-9-18(15(21)17-13)14(20)8-16-7-11-6-5-10-3-1-2-4-12(10)22-11/h1-4,11,14,16,20H,5-9H2,(H,17,19,21). The van der Waals surface area contributed by atoms with Crippen LogP contribution in [0.15, 0.2) is 24.3 Å². The summed E-state index contributed by atoms with van der Waals surface area (Å²) < 4.78 is 5.89. The molecule has 118 valence electrons. The maximum Gasteiger partial charge on any atom is 0.326 e. The highest BCUT2D eigenvalue weighted by molar-refractivity contribution is 6.01. The van der Waals surface area contributed by atoms with Gasteiger partial charge in [-0.1, -0.05) is 18.2 Å². The summed E-state index contributed by atoms with van der Waals surface area (Å²) in [6.07, 6.45) is 0.884. The molecular weight excluding hydrogens is 286 g/mol. The van der Waals surface area contributed by atoms with E-state index in [1.54, 1.807) is 0 Å². The van der Waals surface area contributed by atoms with Gasteiger partial charge in [0.1, 0.15) is 24.6 Å². The third kappa shape index (κ3) is 3.20. The van der Waals surface area contributed by atoms with Gasteiger partial charge in [-0.25, -0.2) is 4.79 Å². The van der Waals surface area contributed by atoms with E-state index in [-0.39, 0.29) is 19.2 Å². The first kappa shape index (κ1) is 14.8. The van der Waals surface area contributed by atoms with E-state index in [0.29, 0.717) is 6.54 Å². The number of nitrogens with one attached hydrogen (secondary N) is 2. The Labute approximate surface area is 128 Å². The van der Waals surface area contributed by atoms with Crippen LogP contribution in [0.2, 0.25) is 0 Å². The lowest BCUT2D eigenvalue weighted by molar-refractivity contribution is -0.119. The Morgan fingerprint density at radius 1 is 1.41 bits per heavy atom. The van der Waals surface area contributed by atoms with Crippen molar-refractivity contribution in [3.05, 3.63) is 29.8 Å². The van der Waals surface area contributed by atoms with Crippen molar-refractivity contribution in [3.63, 3.8) is 0 Å². The highest BCUT2D eigenvalue weighted by atomic mass is 16.5. The van der Waals surface area contributed by atoms with Gasteiger partial charge < -0.3 is 15.2 Å². The van der Waals surface area contributed by atoms with Crippen molar-refractivity contribution < 1.29 is 19.4 Å². The van der Waals surface area contributed by atoms with Crippen LogP contribution in [-0.2, 0) is 11.2 Å². The van der Waals surface area contributed by atoms with Gasteiger partial charge in [-0.2, -0.15) is 0 Å². The molecule has 0 radical (unpaired) electrons. The van der Waals surface area contributed by atoms with Crippen molar-refractivity contribution in [2.75, 3.05) is 19.6 Å². The highest BCUT2D eigenvalue weighted by Gasteiger charge is 2.31. The van der Waals surface area contributed by atoms with Crippen LogP contribution in [-0.4, -0.2) is 53.9 Å². The van der Waals surface area contributed by atoms with Crippen LogP contribution in [0.25, 0.3) is 0 Å². The number of rotatable bonds is 5. The zero-order valence-corrected chi connectivity index (χ0v) is 12.1. The molecule has 2 heterocycles. The van der Waals surface area contributed by atoms with Gasteiger partial charge in [0.2, 0.25) is 5.91 Å². The molecule has 2 aliphatic rings. The third-order valence-corrected chi connectivity index (χ3v) is 3.88. The number of hydrogen-bond acceptors (Lipinski definition) is 5. The van der Waals surface area contributed by atoms with E-state index in [1.165, 1.54) is 5.56 Å². The van der Waals surface area contributed by atoms with Crippen LogP contribution in [0.4, 0.5) is 4.79 Å². The van der Waals surface area contributed by atoms with Gasteiger partial charge in [0.25, 0.3) is 0 Å². The summed E-state index contributed by atoms with van der Waals surface area (Å²) in [5.41, 5.74) is 1.21. The third-order valence-electron chi connectivity index (χ3n) is 3.88. The molecule has 1 fully saturated rings. The van der Waals surface area contributed by atoms with Crippen molar-refractivity contribution in [1.82, 2.24) is 15.5 Å². The van der Waals surface area contributed by atoms with Crippen LogP contribution >= 0.6 is 0 Å². The highest BCUT2D eigenvalue weighted by Crippen LogP contribution is 2.26. The zero-order valence-electron chi connectivity index (χ0n) is 12.1. The van der Waals surface area contributed by atoms with Crippen molar-refractivity contribution in [2.24, 2.45) is 0 Å². The molecule has 1 aromatic rings. The minimum Gasteiger partial charge on any atom is -0.489 e. The lowest BCUT2D eigenvalue weighted by atomic mass is 10.0. The fourth-order valence-electron chi connectivity index (χ4n) is 2.71. The number of carbonyl (C=O) groups excluding carboxylic acids is 2. The fraction of sp³-hybridized carbons (Fsp3) is 0.467. The van der Waals surface area contributed by atoms with E-state index in [4.69, 9.17) is 4.74 Å². The molecule has 22 heavy (non-hydrogen) atoms. The SMILES string of the molecule is O=C1CN(C(O)CNCC2CCc3ccccc3O2)C(=O)N1. The number of amides is 3. The van der Waals surface area contributed by atoms with E-state index in [1.807, 2.05) is 18.2 Å². The Kier molecular flexibility index (Phi) is 4.26. The molecule has 3 N–H and O–H groups in total. The Bertz CT molecular complexity index is 578. The number of aliphatic hydroxyl groups is 1. The number of imide groups is 1. The second-order valence-electron chi connectivity index (χ2n) is 5.51. The second kappa shape index (κ2) is 6.33. The molecule has 0 aliphatic carbocycles. The first-order valence-electron chi connectivity index (χ1n) is 7.37. The molecule has 0 aromatic heterocycles. The summed E-state index contributed by atoms with van der Waals surface area (Å²) in [5, 5.41) is 15.2. The lowest BCUT2D eigenvalue weighted by Crippen LogP contribution is -2.46. The van der Waals surface area contributed by atoms with E-state index in [0.717, 1.165) is 23.5 Å². The normalized spacial score (nSPS) is 22.0. The van der Waals surface area contributed by atoms with Crippen molar-refractivity contribution in [3.8, 4) is 5.75 Å². The topological polar surface area (TPSA) is 90.9 Å². The summed E-state index contributed by atoms with van der Waals surface area (Å²) >= 11 is 0.